The molecule has 0 aliphatic carbocycles. The number of nitrogens with one attached hydrogen (secondary N) is 1. The minimum Gasteiger partial charge on any atom is -0.506 e. The van der Waals surface area contributed by atoms with Crippen LogP contribution in [0, 0.1) is 11.6 Å². The van der Waals surface area contributed by atoms with Crippen LogP contribution in [0.15, 0.2) is 36.4 Å². The van der Waals surface area contributed by atoms with Crippen molar-refractivity contribution in [3.05, 3.63) is 59.2 Å². The number of phenolic OH excluding ortho intramolecular Hbond substituents is 1. The molecule has 0 heterocycles. The number of hydrogen-bond donors (Lipinski definition) is 3. The third-order valence-electron chi connectivity index (χ3n) is 2.73. The van der Waals surface area contributed by atoms with E-state index in [1.165, 1.54) is 24.3 Å². The van der Waals surface area contributed by atoms with Crippen molar-refractivity contribution in [3.63, 3.8) is 0 Å². The monoisotopic (exact) mass is 278 g/mol. The number of hydrogen-bond acceptors (Lipinski definition) is 3. The van der Waals surface area contributed by atoms with Crippen molar-refractivity contribution < 1.29 is 18.7 Å². The van der Waals surface area contributed by atoms with Gasteiger partial charge in [-0.25, -0.2) is 8.78 Å². The van der Waals surface area contributed by atoms with E-state index in [2.05, 4.69) is 5.32 Å². The third-order valence-corrected chi connectivity index (χ3v) is 2.73. The fraction of sp³-hybridized carbons (Fsp3) is 0.0714. The van der Waals surface area contributed by atoms with Crippen LogP contribution in [0.5, 0.6) is 5.75 Å². The number of carbonyl (C=O) groups is 1. The maximum Gasteiger partial charge on any atom is 0.251 e. The lowest BCUT2D eigenvalue weighted by molar-refractivity contribution is 0.0950. The van der Waals surface area contributed by atoms with Gasteiger partial charge in [0.1, 0.15) is 5.75 Å². The van der Waals surface area contributed by atoms with E-state index in [-0.39, 0.29) is 23.5 Å². The first-order valence-electron chi connectivity index (χ1n) is 5.78. The Hall–Kier alpha value is -2.63. The SMILES string of the molecule is Nc1ccc(C(=O)NCc2ccc(F)c(F)c2)cc1O. The highest BCUT2D eigenvalue weighted by molar-refractivity contribution is 5.95. The number of aromatic hydroxyl groups is 1. The van der Waals surface area contributed by atoms with E-state index in [0.717, 1.165) is 12.1 Å². The van der Waals surface area contributed by atoms with E-state index in [0.29, 0.717) is 5.56 Å². The zero-order valence-electron chi connectivity index (χ0n) is 10.4. The molecule has 0 fully saturated rings. The summed E-state index contributed by atoms with van der Waals surface area (Å²) in [6, 6.07) is 7.47. The summed E-state index contributed by atoms with van der Waals surface area (Å²) in [4.78, 5) is 11.8. The van der Waals surface area contributed by atoms with Gasteiger partial charge in [-0.3, -0.25) is 4.79 Å². The van der Waals surface area contributed by atoms with Crippen LogP contribution in [0.4, 0.5) is 14.5 Å². The molecule has 2 aromatic rings. The van der Waals surface area contributed by atoms with Crippen LogP contribution < -0.4 is 11.1 Å². The Bertz CT molecular complexity index is 660. The van der Waals surface area contributed by atoms with Gasteiger partial charge in [-0.05, 0) is 35.9 Å². The topological polar surface area (TPSA) is 75.4 Å². The molecule has 1 amide bonds. The largest absolute Gasteiger partial charge is 0.506 e. The lowest BCUT2D eigenvalue weighted by Crippen LogP contribution is -2.22. The van der Waals surface area contributed by atoms with Crippen molar-refractivity contribution in [1.29, 1.82) is 0 Å². The Labute approximate surface area is 113 Å². The maximum atomic E-state index is 13.0. The molecular formula is C14H12F2N2O2. The minimum absolute atomic E-state index is 0.0428. The van der Waals surface area contributed by atoms with Gasteiger partial charge in [-0.1, -0.05) is 6.07 Å². The van der Waals surface area contributed by atoms with Crippen LogP contribution in [0.2, 0.25) is 0 Å². The standard InChI is InChI=1S/C14H12F2N2O2/c15-10-3-1-8(5-11(10)16)7-18-14(20)9-2-4-12(17)13(19)6-9/h1-6,19H,7,17H2,(H,18,20). The van der Waals surface area contributed by atoms with Crippen LogP contribution >= 0.6 is 0 Å². The lowest BCUT2D eigenvalue weighted by atomic mass is 10.1. The van der Waals surface area contributed by atoms with E-state index >= 15 is 0 Å². The average Bonchev–Trinajstić information content (AvgIpc) is 2.43. The highest BCUT2D eigenvalue weighted by Gasteiger charge is 2.08. The average molecular weight is 278 g/mol. The highest BCUT2D eigenvalue weighted by Crippen LogP contribution is 2.20. The molecule has 0 atom stereocenters. The van der Waals surface area contributed by atoms with E-state index in [4.69, 9.17) is 5.73 Å². The molecule has 2 aromatic carbocycles. The molecule has 0 radical (unpaired) electrons. The number of carbonyl (C=O) groups excluding carboxylic acids is 1. The van der Waals surface area contributed by atoms with Crippen molar-refractivity contribution in [2.75, 3.05) is 5.73 Å². The molecule has 20 heavy (non-hydrogen) atoms. The summed E-state index contributed by atoms with van der Waals surface area (Å²) >= 11 is 0. The Kier molecular flexibility index (Phi) is 3.84. The Morgan fingerprint density at radius 3 is 2.55 bits per heavy atom. The molecule has 0 spiro atoms. The number of nitrogen functional groups attached to an aromatic ring is 1. The van der Waals surface area contributed by atoms with E-state index in [1.807, 2.05) is 0 Å². The Morgan fingerprint density at radius 1 is 1.15 bits per heavy atom. The van der Waals surface area contributed by atoms with E-state index < -0.39 is 17.5 Å². The van der Waals surface area contributed by atoms with Crippen molar-refractivity contribution in [1.82, 2.24) is 5.32 Å². The van der Waals surface area contributed by atoms with Gasteiger partial charge in [-0.15, -0.1) is 0 Å². The molecule has 104 valence electrons. The van der Waals surface area contributed by atoms with Crippen molar-refractivity contribution in [2.24, 2.45) is 0 Å². The summed E-state index contributed by atoms with van der Waals surface area (Å²) in [6.45, 7) is 0.0428. The molecule has 0 saturated carbocycles. The van der Waals surface area contributed by atoms with Crippen molar-refractivity contribution >= 4 is 11.6 Å². The molecule has 0 aliphatic rings. The summed E-state index contributed by atoms with van der Waals surface area (Å²) in [7, 11) is 0. The number of anilines is 1. The highest BCUT2D eigenvalue weighted by atomic mass is 19.2. The van der Waals surface area contributed by atoms with Crippen LogP contribution in [-0.2, 0) is 6.54 Å². The zero-order chi connectivity index (χ0) is 14.7. The van der Waals surface area contributed by atoms with Crippen LogP contribution in [0.3, 0.4) is 0 Å². The maximum absolute atomic E-state index is 13.0. The van der Waals surface area contributed by atoms with Gasteiger partial charge in [-0.2, -0.15) is 0 Å². The quantitative estimate of drug-likeness (QED) is 0.595. The summed E-state index contributed by atoms with van der Waals surface area (Å²) in [5.74, 6) is -2.55. The van der Waals surface area contributed by atoms with Gasteiger partial charge >= 0.3 is 0 Å². The summed E-state index contributed by atoms with van der Waals surface area (Å²) in [5, 5.41) is 11.9. The molecule has 0 bridgehead atoms. The smallest absolute Gasteiger partial charge is 0.251 e. The number of benzene rings is 2. The van der Waals surface area contributed by atoms with Gasteiger partial charge in [0.05, 0.1) is 5.69 Å². The zero-order valence-corrected chi connectivity index (χ0v) is 10.4. The first-order chi connectivity index (χ1) is 9.47. The van der Waals surface area contributed by atoms with Crippen molar-refractivity contribution in [2.45, 2.75) is 6.54 Å². The van der Waals surface area contributed by atoms with Gasteiger partial charge in [0, 0.05) is 12.1 Å². The second-order valence-electron chi connectivity index (χ2n) is 4.20. The second kappa shape index (κ2) is 5.56. The van der Waals surface area contributed by atoms with Gasteiger partial charge in [0.2, 0.25) is 0 Å². The van der Waals surface area contributed by atoms with E-state index in [1.54, 1.807) is 0 Å². The molecule has 0 unspecified atom stereocenters. The van der Waals surface area contributed by atoms with Gasteiger partial charge in [0.25, 0.3) is 5.91 Å². The number of amides is 1. The molecule has 4 N–H and O–H groups in total. The first-order valence-corrected chi connectivity index (χ1v) is 5.78. The molecule has 4 nitrogen and oxygen atoms in total. The fourth-order valence-electron chi connectivity index (χ4n) is 1.62. The molecule has 0 aliphatic heterocycles. The molecule has 2 rings (SSSR count). The van der Waals surface area contributed by atoms with E-state index in [9.17, 15) is 18.7 Å². The second-order valence-corrected chi connectivity index (χ2v) is 4.20. The summed E-state index contributed by atoms with van der Waals surface area (Å²) in [5.41, 5.74) is 6.24. The number of halogens is 2. The normalized spacial score (nSPS) is 10.3. The summed E-state index contributed by atoms with van der Waals surface area (Å²) in [6.07, 6.45) is 0. The molecular weight excluding hydrogens is 266 g/mol. The van der Waals surface area contributed by atoms with Crippen LogP contribution in [0.25, 0.3) is 0 Å². The van der Waals surface area contributed by atoms with Crippen LogP contribution in [0.1, 0.15) is 15.9 Å². The predicted molar refractivity (Wildman–Crippen MR) is 70.0 cm³/mol. The predicted octanol–water partition coefficient (Wildman–Crippen LogP) is 2.18. The van der Waals surface area contributed by atoms with Crippen LogP contribution in [-0.4, -0.2) is 11.0 Å². The summed E-state index contributed by atoms with van der Waals surface area (Å²) < 4.78 is 25.7. The number of phenols is 1. The third kappa shape index (κ3) is 3.03. The minimum atomic E-state index is -0.970. The number of rotatable bonds is 3. The molecule has 0 saturated heterocycles. The van der Waals surface area contributed by atoms with Crippen molar-refractivity contribution in [3.8, 4) is 5.75 Å². The molecule has 6 heteroatoms. The Balaban J connectivity index is 2.04. The lowest BCUT2D eigenvalue weighted by Gasteiger charge is -2.07. The number of nitrogens with two attached hydrogens (primary N) is 1. The van der Waals surface area contributed by atoms with Gasteiger partial charge < -0.3 is 16.2 Å². The Morgan fingerprint density at radius 2 is 1.90 bits per heavy atom. The first kappa shape index (κ1) is 13.8. The van der Waals surface area contributed by atoms with Gasteiger partial charge in [0.15, 0.2) is 11.6 Å². The molecule has 0 aromatic heterocycles. The fourth-order valence-corrected chi connectivity index (χ4v) is 1.62.